The minimum atomic E-state index is -1.26. The van der Waals surface area contributed by atoms with E-state index in [1.165, 1.54) is 52.0 Å². The number of nitrogens with zero attached hydrogens (tertiary/aromatic N) is 4. The van der Waals surface area contributed by atoms with Crippen molar-refractivity contribution in [2.75, 3.05) is 12.1 Å². The Kier molecular flexibility index (Phi) is 6.99. The second-order valence-electron chi connectivity index (χ2n) is 9.40. The lowest BCUT2D eigenvalue weighted by Gasteiger charge is -2.31. The summed E-state index contributed by atoms with van der Waals surface area (Å²) in [6, 6.07) is 21.9. The SMILES string of the molecule is O=C(Nc1ccc2c(c1)OCO2)[C@H](c1cccc(F)c1)N(Cc1ccc(F)cc1)C(=O)Cn1nnc2ccccc21. The Bertz CT molecular complexity index is 1740. The Labute approximate surface area is 232 Å². The first-order valence-corrected chi connectivity index (χ1v) is 12.7. The Morgan fingerprint density at radius 2 is 1.71 bits per heavy atom. The van der Waals surface area contributed by atoms with E-state index in [9.17, 15) is 18.4 Å². The summed E-state index contributed by atoms with van der Waals surface area (Å²) in [7, 11) is 0. The lowest BCUT2D eigenvalue weighted by Crippen LogP contribution is -2.42. The molecule has 206 valence electrons. The molecular weight excluding hydrogens is 532 g/mol. The number of fused-ring (bicyclic) bond motifs is 2. The van der Waals surface area contributed by atoms with Crippen LogP contribution in [0.3, 0.4) is 0 Å². The minimum Gasteiger partial charge on any atom is -0.454 e. The van der Waals surface area contributed by atoms with Crippen LogP contribution in [0.4, 0.5) is 14.5 Å². The zero-order chi connectivity index (χ0) is 28.3. The standard InChI is InChI=1S/C30H23F2N5O4/c31-21-10-8-19(9-11-21)16-36(28(38)17-37-25-7-2-1-6-24(25)34-35-37)29(20-4-3-5-22(32)14-20)30(39)33-23-12-13-26-27(15-23)41-18-40-26/h1-15,29H,16-18H2,(H,33,39)/t29-/m0/s1. The van der Waals surface area contributed by atoms with Crippen molar-refractivity contribution in [1.29, 1.82) is 0 Å². The van der Waals surface area contributed by atoms with Crippen molar-refractivity contribution < 1.29 is 27.8 Å². The van der Waals surface area contributed by atoms with Crippen molar-refractivity contribution >= 4 is 28.5 Å². The molecule has 1 atom stereocenters. The average molecular weight is 556 g/mol. The molecule has 9 nitrogen and oxygen atoms in total. The highest BCUT2D eigenvalue weighted by Crippen LogP contribution is 2.35. The molecule has 41 heavy (non-hydrogen) atoms. The Morgan fingerprint density at radius 1 is 0.902 bits per heavy atom. The van der Waals surface area contributed by atoms with Crippen molar-refractivity contribution in [3.05, 3.63) is 114 Å². The number of anilines is 1. The highest BCUT2D eigenvalue weighted by molar-refractivity contribution is 5.98. The number of rotatable bonds is 8. The number of ether oxygens (including phenoxy) is 2. The Morgan fingerprint density at radius 3 is 2.54 bits per heavy atom. The molecule has 2 amide bonds. The molecule has 11 heteroatoms. The van der Waals surface area contributed by atoms with Crippen LogP contribution in [0.5, 0.6) is 11.5 Å². The van der Waals surface area contributed by atoms with Crippen molar-refractivity contribution in [3.63, 3.8) is 0 Å². The topological polar surface area (TPSA) is 98.6 Å². The molecule has 0 radical (unpaired) electrons. The van der Waals surface area contributed by atoms with E-state index in [1.54, 1.807) is 42.5 Å². The Hall–Kier alpha value is -5.32. The van der Waals surface area contributed by atoms with Gasteiger partial charge in [0.1, 0.15) is 29.7 Å². The summed E-state index contributed by atoms with van der Waals surface area (Å²) in [6.45, 7) is -0.248. The molecular formula is C30H23F2N5O4. The van der Waals surface area contributed by atoms with Crippen molar-refractivity contribution in [3.8, 4) is 11.5 Å². The van der Waals surface area contributed by atoms with Gasteiger partial charge >= 0.3 is 0 Å². The molecule has 1 N–H and O–H groups in total. The summed E-state index contributed by atoms with van der Waals surface area (Å²) in [6.07, 6.45) is 0. The van der Waals surface area contributed by atoms with Crippen LogP contribution in [0.25, 0.3) is 11.0 Å². The number of benzene rings is 4. The number of nitrogens with one attached hydrogen (secondary N) is 1. The predicted molar refractivity (Wildman–Crippen MR) is 145 cm³/mol. The van der Waals surface area contributed by atoms with E-state index in [-0.39, 0.29) is 25.4 Å². The number of para-hydroxylation sites is 1. The van der Waals surface area contributed by atoms with Gasteiger partial charge in [-0.3, -0.25) is 9.59 Å². The Balaban J connectivity index is 1.39. The van der Waals surface area contributed by atoms with Crippen LogP contribution in [0.1, 0.15) is 17.2 Å². The first-order valence-electron chi connectivity index (χ1n) is 12.7. The van der Waals surface area contributed by atoms with Gasteiger partial charge in [-0.1, -0.05) is 41.6 Å². The van der Waals surface area contributed by atoms with Gasteiger partial charge in [0.05, 0.1) is 5.52 Å². The summed E-state index contributed by atoms with van der Waals surface area (Å²) in [5.41, 5.74) is 2.46. The number of amides is 2. The van der Waals surface area contributed by atoms with E-state index >= 15 is 0 Å². The highest BCUT2D eigenvalue weighted by Gasteiger charge is 2.33. The maximum atomic E-state index is 14.5. The zero-order valence-electron chi connectivity index (χ0n) is 21.5. The monoisotopic (exact) mass is 555 g/mol. The van der Waals surface area contributed by atoms with Gasteiger partial charge in [0.2, 0.25) is 12.7 Å². The third-order valence-electron chi connectivity index (χ3n) is 6.66. The molecule has 0 saturated carbocycles. The molecule has 1 aliphatic rings. The van der Waals surface area contributed by atoms with Gasteiger partial charge in [-0.2, -0.15) is 0 Å². The molecule has 4 aromatic carbocycles. The van der Waals surface area contributed by atoms with Crippen LogP contribution >= 0.6 is 0 Å². The maximum Gasteiger partial charge on any atom is 0.251 e. The smallest absolute Gasteiger partial charge is 0.251 e. The maximum absolute atomic E-state index is 14.5. The molecule has 2 heterocycles. The predicted octanol–water partition coefficient (Wildman–Crippen LogP) is 4.85. The van der Waals surface area contributed by atoms with Crippen LogP contribution in [0.2, 0.25) is 0 Å². The van der Waals surface area contributed by atoms with E-state index in [1.807, 2.05) is 6.07 Å². The number of aromatic nitrogens is 3. The fraction of sp³-hybridized carbons (Fsp3) is 0.133. The number of hydrogen-bond donors (Lipinski definition) is 1. The first kappa shape index (κ1) is 25.9. The van der Waals surface area contributed by atoms with E-state index in [2.05, 4.69) is 15.6 Å². The van der Waals surface area contributed by atoms with Gasteiger partial charge in [0.25, 0.3) is 5.91 Å². The largest absolute Gasteiger partial charge is 0.454 e. The van der Waals surface area contributed by atoms with Gasteiger partial charge < -0.3 is 19.7 Å². The van der Waals surface area contributed by atoms with E-state index in [0.29, 0.717) is 33.8 Å². The van der Waals surface area contributed by atoms with Crippen LogP contribution in [-0.2, 0) is 22.7 Å². The van der Waals surface area contributed by atoms with E-state index in [0.717, 1.165) is 0 Å². The molecule has 0 saturated heterocycles. The summed E-state index contributed by atoms with van der Waals surface area (Å²) < 4.78 is 40.3. The lowest BCUT2D eigenvalue weighted by molar-refractivity contribution is -0.140. The third kappa shape index (κ3) is 5.55. The number of halogens is 2. The fourth-order valence-corrected chi connectivity index (χ4v) is 4.70. The number of carbonyl (C=O) groups excluding carboxylic acids is 2. The summed E-state index contributed by atoms with van der Waals surface area (Å²) in [4.78, 5) is 29.2. The molecule has 0 fully saturated rings. The zero-order valence-corrected chi connectivity index (χ0v) is 21.5. The molecule has 0 bridgehead atoms. The summed E-state index contributed by atoms with van der Waals surface area (Å²) >= 11 is 0. The van der Waals surface area contributed by atoms with E-state index in [4.69, 9.17) is 9.47 Å². The highest BCUT2D eigenvalue weighted by atomic mass is 19.1. The molecule has 0 spiro atoms. The summed E-state index contributed by atoms with van der Waals surface area (Å²) in [5.74, 6) is -1.09. The molecule has 1 aliphatic heterocycles. The molecule has 6 rings (SSSR count). The van der Waals surface area contributed by atoms with E-state index < -0.39 is 29.5 Å². The van der Waals surface area contributed by atoms with Gasteiger partial charge in [0, 0.05) is 18.3 Å². The molecule has 5 aromatic rings. The van der Waals surface area contributed by atoms with Gasteiger partial charge in [0.15, 0.2) is 11.5 Å². The fourth-order valence-electron chi connectivity index (χ4n) is 4.70. The third-order valence-corrected chi connectivity index (χ3v) is 6.66. The molecule has 1 aromatic heterocycles. The van der Waals surface area contributed by atoms with Crippen LogP contribution in [0.15, 0.2) is 91.0 Å². The van der Waals surface area contributed by atoms with Crippen molar-refractivity contribution in [2.45, 2.75) is 19.1 Å². The van der Waals surface area contributed by atoms with Crippen molar-refractivity contribution in [1.82, 2.24) is 19.9 Å². The lowest BCUT2D eigenvalue weighted by atomic mass is 10.0. The van der Waals surface area contributed by atoms with Gasteiger partial charge in [-0.15, -0.1) is 5.10 Å². The normalized spacial score (nSPS) is 12.7. The van der Waals surface area contributed by atoms with Crippen LogP contribution in [-0.4, -0.2) is 38.5 Å². The van der Waals surface area contributed by atoms with Crippen LogP contribution < -0.4 is 14.8 Å². The number of carbonyl (C=O) groups is 2. The summed E-state index contributed by atoms with van der Waals surface area (Å²) in [5, 5.41) is 11.0. The second kappa shape index (κ2) is 11.0. The van der Waals surface area contributed by atoms with Gasteiger partial charge in [-0.25, -0.2) is 13.5 Å². The average Bonchev–Trinajstić information content (AvgIpc) is 3.61. The minimum absolute atomic E-state index is 0.0650. The number of hydrogen-bond acceptors (Lipinski definition) is 6. The first-order chi connectivity index (χ1) is 19.9. The van der Waals surface area contributed by atoms with Gasteiger partial charge in [-0.05, 0) is 59.7 Å². The van der Waals surface area contributed by atoms with Crippen LogP contribution in [0, 0.1) is 11.6 Å². The molecule has 0 unspecified atom stereocenters. The molecule has 0 aliphatic carbocycles. The quantitative estimate of drug-likeness (QED) is 0.294. The van der Waals surface area contributed by atoms with Crippen molar-refractivity contribution in [2.24, 2.45) is 0 Å². The second-order valence-corrected chi connectivity index (χ2v) is 9.40.